The lowest BCUT2D eigenvalue weighted by molar-refractivity contribution is -0.189. The number of nitrogens with zero attached hydrogens (tertiary/aromatic N) is 8. The zero-order valence-corrected chi connectivity index (χ0v) is 28.9. The molecule has 0 bridgehead atoms. The van der Waals surface area contributed by atoms with Gasteiger partial charge in [-0.3, -0.25) is 0 Å². The first-order valence-corrected chi connectivity index (χ1v) is 17.2. The van der Waals surface area contributed by atoms with Crippen molar-refractivity contribution in [1.29, 1.82) is 0 Å². The maximum atomic E-state index is 12.8. The van der Waals surface area contributed by atoms with Crippen LogP contribution in [0.4, 0.5) is 11.5 Å². The minimum absolute atomic E-state index is 0.0611. The van der Waals surface area contributed by atoms with Gasteiger partial charge in [0.2, 0.25) is 5.79 Å². The molecule has 5 aromatic rings. The van der Waals surface area contributed by atoms with Gasteiger partial charge in [0.15, 0.2) is 0 Å². The van der Waals surface area contributed by atoms with Gasteiger partial charge in [0.1, 0.15) is 30.6 Å². The number of imidazole rings is 1. The number of anilines is 2. The highest BCUT2D eigenvalue weighted by Gasteiger charge is 2.45. The second-order valence-corrected chi connectivity index (χ2v) is 13.1. The van der Waals surface area contributed by atoms with Crippen molar-refractivity contribution in [3.63, 3.8) is 0 Å². The molecular formula is C35H38Cl2N8O4. The first-order chi connectivity index (χ1) is 23.8. The Kier molecular flexibility index (Phi) is 9.64. The molecular weight excluding hydrogens is 667 g/mol. The first-order valence-electron chi connectivity index (χ1n) is 16.4. The standard InChI is InChI=1S/C35H38Cl2N8O4/c1-3-25(2)45-34(46)44(24-40-45)28-7-5-27(6-8-28)42-14-16-43(17-15-42)33-11-9-29(19-39-33)47-20-30-21-48-35(49-30,22-41-13-12-38-23-41)31-10-4-26(36)18-32(31)37/h4-13,18-19,23-25,30H,3,14-17,20-22H2,1-2H3/t25-,30-,35-/m1/s1. The molecule has 2 fully saturated rings. The average molecular weight is 706 g/mol. The second kappa shape index (κ2) is 14.2. The van der Waals surface area contributed by atoms with E-state index in [4.69, 9.17) is 42.4 Å². The Hall–Kier alpha value is -4.36. The van der Waals surface area contributed by atoms with Gasteiger partial charge in [0.05, 0.1) is 42.4 Å². The predicted octanol–water partition coefficient (Wildman–Crippen LogP) is 5.58. The third kappa shape index (κ3) is 7.04. The van der Waals surface area contributed by atoms with Crippen molar-refractivity contribution >= 4 is 34.7 Å². The molecule has 0 amide bonds. The van der Waals surface area contributed by atoms with E-state index in [2.05, 4.69) is 32.0 Å². The fourth-order valence-electron chi connectivity index (χ4n) is 6.20. The lowest BCUT2D eigenvalue weighted by Crippen LogP contribution is -2.46. The number of rotatable bonds is 11. The molecule has 2 saturated heterocycles. The van der Waals surface area contributed by atoms with Crippen LogP contribution < -0.4 is 20.2 Å². The summed E-state index contributed by atoms with van der Waals surface area (Å²) < 4.78 is 23.9. The average Bonchev–Trinajstić information content (AvgIpc) is 3.88. The topological polar surface area (TPSA) is 105 Å². The van der Waals surface area contributed by atoms with Crippen molar-refractivity contribution in [2.75, 3.05) is 49.2 Å². The van der Waals surface area contributed by atoms with Crippen LogP contribution in [0.15, 0.2) is 90.6 Å². The van der Waals surface area contributed by atoms with Crippen LogP contribution in [0.1, 0.15) is 31.9 Å². The van der Waals surface area contributed by atoms with Crippen molar-refractivity contribution in [3.05, 3.63) is 112 Å². The van der Waals surface area contributed by atoms with Gasteiger partial charge in [0.25, 0.3) is 0 Å². The van der Waals surface area contributed by atoms with E-state index in [-0.39, 0.29) is 24.4 Å². The van der Waals surface area contributed by atoms with Gasteiger partial charge in [-0.1, -0.05) is 36.2 Å². The predicted molar refractivity (Wildman–Crippen MR) is 188 cm³/mol. The van der Waals surface area contributed by atoms with Gasteiger partial charge >= 0.3 is 5.69 Å². The van der Waals surface area contributed by atoms with Crippen LogP contribution in [0.5, 0.6) is 5.75 Å². The van der Waals surface area contributed by atoms with Gasteiger partial charge in [0, 0.05) is 54.8 Å². The summed E-state index contributed by atoms with van der Waals surface area (Å²) in [6, 6.07) is 17.3. The molecule has 0 radical (unpaired) electrons. The Labute approximate surface area is 294 Å². The minimum Gasteiger partial charge on any atom is -0.489 e. The van der Waals surface area contributed by atoms with Gasteiger partial charge < -0.3 is 28.6 Å². The van der Waals surface area contributed by atoms with E-state index in [9.17, 15) is 4.79 Å². The van der Waals surface area contributed by atoms with E-state index >= 15 is 0 Å². The molecule has 0 spiro atoms. The molecule has 3 atom stereocenters. The highest BCUT2D eigenvalue weighted by atomic mass is 35.5. The third-order valence-electron chi connectivity index (χ3n) is 9.11. The maximum absolute atomic E-state index is 12.8. The number of halogens is 2. The number of hydrogen-bond acceptors (Lipinski definition) is 9. The Bertz CT molecular complexity index is 1910. The van der Waals surface area contributed by atoms with E-state index in [0.717, 1.165) is 49.8 Å². The number of aromatic nitrogens is 6. The van der Waals surface area contributed by atoms with E-state index in [1.165, 1.54) is 4.68 Å². The SMILES string of the molecule is CC[C@@H](C)n1ncn(-c2ccc(N3CCN(c4ccc(OC[C@@H]5CO[C@@](Cn6ccnc6)(c6ccc(Cl)cc6Cl)O5)cn4)CC3)cc2)c1=O. The molecule has 0 N–H and O–H groups in total. The van der Waals surface area contributed by atoms with Crippen molar-refractivity contribution < 1.29 is 14.2 Å². The number of hydrogen-bond donors (Lipinski definition) is 0. The minimum atomic E-state index is -1.11. The second-order valence-electron chi connectivity index (χ2n) is 12.3. The summed E-state index contributed by atoms with van der Waals surface area (Å²) in [6.45, 7) is 8.38. The zero-order chi connectivity index (χ0) is 34.0. The van der Waals surface area contributed by atoms with Gasteiger partial charge in [-0.25, -0.2) is 24.0 Å². The monoisotopic (exact) mass is 704 g/mol. The molecule has 14 heteroatoms. The fourth-order valence-corrected chi connectivity index (χ4v) is 6.75. The van der Waals surface area contributed by atoms with E-state index in [1.54, 1.807) is 41.7 Å². The van der Waals surface area contributed by atoms with Gasteiger partial charge in [-0.05, 0) is 61.9 Å². The van der Waals surface area contributed by atoms with Gasteiger partial charge in [-0.2, -0.15) is 5.10 Å². The van der Waals surface area contributed by atoms with Gasteiger partial charge in [-0.15, -0.1) is 0 Å². The largest absolute Gasteiger partial charge is 0.489 e. The van der Waals surface area contributed by atoms with Crippen molar-refractivity contribution in [3.8, 4) is 11.4 Å². The van der Waals surface area contributed by atoms with Crippen LogP contribution in [0.2, 0.25) is 10.0 Å². The molecule has 2 aliphatic heterocycles. The number of benzene rings is 2. The van der Waals surface area contributed by atoms with Crippen LogP contribution >= 0.6 is 23.2 Å². The summed E-state index contributed by atoms with van der Waals surface area (Å²) >= 11 is 12.8. The Morgan fingerprint density at radius 2 is 1.78 bits per heavy atom. The highest BCUT2D eigenvalue weighted by molar-refractivity contribution is 6.35. The molecule has 5 heterocycles. The van der Waals surface area contributed by atoms with Crippen LogP contribution in [-0.4, -0.2) is 74.4 Å². The number of piperazine rings is 1. The number of pyridine rings is 1. The first kappa shape index (κ1) is 33.2. The lowest BCUT2D eigenvalue weighted by Gasteiger charge is -2.36. The quantitative estimate of drug-likeness (QED) is 0.174. The summed E-state index contributed by atoms with van der Waals surface area (Å²) in [7, 11) is 0. The van der Waals surface area contributed by atoms with Crippen LogP contribution in [0.3, 0.4) is 0 Å². The van der Waals surface area contributed by atoms with E-state index in [1.807, 2.05) is 54.9 Å². The molecule has 49 heavy (non-hydrogen) atoms. The molecule has 256 valence electrons. The van der Waals surface area contributed by atoms with Crippen LogP contribution in [-0.2, 0) is 21.8 Å². The summed E-state index contributed by atoms with van der Waals surface area (Å²) in [6.07, 6.45) is 9.12. The third-order valence-corrected chi connectivity index (χ3v) is 9.65. The normalized spacial score (nSPS) is 20.1. The molecule has 2 aromatic carbocycles. The zero-order valence-electron chi connectivity index (χ0n) is 27.4. The molecule has 0 unspecified atom stereocenters. The fraction of sp³-hybridized carbons (Fsp3) is 0.371. The van der Waals surface area contributed by atoms with Crippen molar-refractivity contribution in [2.45, 2.75) is 44.7 Å². The van der Waals surface area contributed by atoms with E-state index in [0.29, 0.717) is 34.5 Å². The molecule has 3 aromatic heterocycles. The van der Waals surface area contributed by atoms with Crippen LogP contribution in [0.25, 0.3) is 5.69 Å². The maximum Gasteiger partial charge on any atom is 0.350 e. The molecule has 2 aliphatic rings. The van der Waals surface area contributed by atoms with Crippen molar-refractivity contribution in [2.24, 2.45) is 0 Å². The summed E-state index contributed by atoms with van der Waals surface area (Å²) in [5.41, 5.74) is 2.50. The smallest absolute Gasteiger partial charge is 0.350 e. The van der Waals surface area contributed by atoms with Crippen molar-refractivity contribution in [1.82, 2.24) is 28.9 Å². The Morgan fingerprint density at radius 3 is 2.47 bits per heavy atom. The molecule has 12 nitrogen and oxygen atoms in total. The summed E-state index contributed by atoms with van der Waals surface area (Å²) in [4.78, 5) is 26.3. The lowest BCUT2D eigenvalue weighted by atomic mass is 10.1. The van der Waals surface area contributed by atoms with Crippen LogP contribution in [0, 0.1) is 0 Å². The molecule has 0 saturated carbocycles. The summed E-state index contributed by atoms with van der Waals surface area (Å²) in [5, 5.41) is 5.30. The Morgan fingerprint density at radius 1 is 1.00 bits per heavy atom. The highest BCUT2D eigenvalue weighted by Crippen LogP contribution is 2.40. The number of ether oxygens (including phenoxy) is 3. The summed E-state index contributed by atoms with van der Waals surface area (Å²) in [5.74, 6) is 0.438. The Balaban J connectivity index is 0.925. The molecule has 7 rings (SSSR count). The van der Waals surface area contributed by atoms with E-state index < -0.39 is 5.79 Å². The molecule has 0 aliphatic carbocycles.